The van der Waals surface area contributed by atoms with Gasteiger partial charge in [0.2, 0.25) is 5.91 Å². The van der Waals surface area contributed by atoms with Crippen LogP contribution in [0.1, 0.15) is 19.8 Å². The Labute approximate surface area is 103 Å². The number of carbonyl (C=O) groups is 1. The summed E-state index contributed by atoms with van der Waals surface area (Å²) in [6.45, 7) is 1.61. The standard InChI is InChI=1S/C10H16N4O2S/c1-10(12,8(11)16)4-2-6-17-9-13-5-3-7(15)14-9/h3,5H,2,4,6,12H2,1H3,(H2,11,16)(H,13,14,15). The smallest absolute Gasteiger partial charge is 0.251 e. The Morgan fingerprint density at radius 3 is 2.94 bits per heavy atom. The molecule has 17 heavy (non-hydrogen) atoms. The SMILES string of the molecule is CC(N)(CCCSc1nccc(=O)[nH]1)C(N)=O. The molecule has 0 aromatic carbocycles. The lowest BCUT2D eigenvalue weighted by molar-refractivity contribution is -0.122. The number of aromatic amines is 1. The van der Waals surface area contributed by atoms with Gasteiger partial charge in [0, 0.05) is 18.0 Å². The summed E-state index contributed by atoms with van der Waals surface area (Å²) in [7, 11) is 0. The van der Waals surface area contributed by atoms with E-state index < -0.39 is 11.4 Å². The molecule has 1 heterocycles. The van der Waals surface area contributed by atoms with E-state index in [1.807, 2.05) is 0 Å². The normalized spacial score (nSPS) is 14.2. The van der Waals surface area contributed by atoms with Crippen LogP contribution in [0.2, 0.25) is 0 Å². The average Bonchev–Trinajstić information content (AvgIpc) is 2.24. The van der Waals surface area contributed by atoms with E-state index in [4.69, 9.17) is 11.5 Å². The zero-order chi connectivity index (χ0) is 12.9. The first-order valence-electron chi connectivity index (χ1n) is 5.19. The number of hydrogen-bond donors (Lipinski definition) is 3. The number of carbonyl (C=O) groups excluding carboxylic acids is 1. The van der Waals surface area contributed by atoms with Gasteiger partial charge in [0.25, 0.3) is 5.56 Å². The molecule has 6 nitrogen and oxygen atoms in total. The number of nitrogens with two attached hydrogens (primary N) is 2. The first kappa shape index (κ1) is 13.7. The van der Waals surface area contributed by atoms with Crippen LogP contribution in [0, 0.1) is 0 Å². The minimum atomic E-state index is -0.974. The van der Waals surface area contributed by atoms with Crippen molar-refractivity contribution in [2.24, 2.45) is 11.5 Å². The fourth-order valence-corrected chi connectivity index (χ4v) is 1.95. The average molecular weight is 256 g/mol. The maximum atomic E-state index is 11.0. The molecule has 1 amide bonds. The number of thioether (sulfide) groups is 1. The van der Waals surface area contributed by atoms with Gasteiger partial charge in [-0.05, 0) is 19.8 Å². The molecule has 0 bridgehead atoms. The number of H-pyrrole nitrogens is 1. The molecule has 94 valence electrons. The maximum absolute atomic E-state index is 11.0. The summed E-state index contributed by atoms with van der Waals surface area (Å²) in [5, 5.41) is 0.565. The van der Waals surface area contributed by atoms with Crippen molar-refractivity contribution in [1.29, 1.82) is 0 Å². The third-order valence-electron chi connectivity index (χ3n) is 2.29. The molecule has 0 aliphatic carbocycles. The molecule has 0 fully saturated rings. The molecule has 0 saturated carbocycles. The molecule has 1 unspecified atom stereocenters. The second kappa shape index (κ2) is 5.83. The van der Waals surface area contributed by atoms with E-state index >= 15 is 0 Å². The van der Waals surface area contributed by atoms with Crippen LogP contribution in [0.4, 0.5) is 0 Å². The summed E-state index contributed by atoms with van der Waals surface area (Å²) in [5.74, 6) is 0.210. The summed E-state index contributed by atoms with van der Waals surface area (Å²) in [5.41, 5.74) is 9.71. The number of hydrogen-bond acceptors (Lipinski definition) is 5. The van der Waals surface area contributed by atoms with Crippen LogP contribution in [0.15, 0.2) is 22.2 Å². The molecule has 0 aliphatic rings. The van der Waals surface area contributed by atoms with Crippen molar-refractivity contribution >= 4 is 17.7 Å². The summed E-state index contributed by atoms with van der Waals surface area (Å²) in [4.78, 5) is 28.5. The van der Waals surface area contributed by atoms with Crippen molar-refractivity contribution < 1.29 is 4.79 Å². The van der Waals surface area contributed by atoms with Crippen molar-refractivity contribution in [2.45, 2.75) is 30.5 Å². The first-order valence-corrected chi connectivity index (χ1v) is 6.17. The third kappa shape index (κ3) is 4.58. The van der Waals surface area contributed by atoms with Crippen molar-refractivity contribution in [3.05, 3.63) is 22.6 Å². The number of rotatable bonds is 6. The molecular formula is C10H16N4O2S. The van der Waals surface area contributed by atoms with Gasteiger partial charge in [-0.3, -0.25) is 9.59 Å². The second-order valence-corrected chi connectivity index (χ2v) is 5.06. The molecule has 0 spiro atoms. The Morgan fingerprint density at radius 1 is 1.65 bits per heavy atom. The number of amides is 1. The van der Waals surface area contributed by atoms with Gasteiger partial charge in [-0.1, -0.05) is 11.8 Å². The second-order valence-electron chi connectivity index (χ2n) is 3.97. The topological polar surface area (TPSA) is 115 Å². The van der Waals surface area contributed by atoms with Crippen LogP contribution in [0.5, 0.6) is 0 Å². The van der Waals surface area contributed by atoms with E-state index in [2.05, 4.69) is 9.97 Å². The Bertz CT molecular complexity index is 444. The van der Waals surface area contributed by atoms with Gasteiger partial charge in [-0.25, -0.2) is 4.98 Å². The van der Waals surface area contributed by atoms with Gasteiger partial charge in [0.1, 0.15) is 0 Å². The molecule has 0 aliphatic heterocycles. The summed E-state index contributed by atoms with van der Waals surface area (Å²) in [6.07, 6.45) is 2.68. The lowest BCUT2D eigenvalue weighted by atomic mass is 9.97. The van der Waals surface area contributed by atoms with Gasteiger partial charge in [0.05, 0.1) is 5.54 Å². The molecule has 7 heteroatoms. The zero-order valence-corrected chi connectivity index (χ0v) is 10.4. The molecule has 1 atom stereocenters. The Kier molecular flexibility index (Phi) is 4.71. The van der Waals surface area contributed by atoms with Crippen molar-refractivity contribution in [3.63, 3.8) is 0 Å². The highest BCUT2D eigenvalue weighted by Crippen LogP contribution is 2.15. The number of aromatic nitrogens is 2. The lowest BCUT2D eigenvalue weighted by Gasteiger charge is -2.19. The minimum Gasteiger partial charge on any atom is -0.368 e. The number of nitrogens with zero attached hydrogens (tertiary/aromatic N) is 1. The van der Waals surface area contributed by atoms with Crippen LogP contribution in [0.25, 0.3) is 0 Å². The van der Waals surface area contributed by atoms with E-state index in [0.717, 1.165) is 6.42 Å². The molecule has 1 rings (SSSR count). The molecular weight excluding hydrogens is 240 g/mol. The van der Waals surface area contributed by atoms with Crippen LogP contribution in [0.3, 0.4) is 0 Å². The zero-order valence-electron chi connectivity index (χ0n) is 9.60. The highest BCUT2D eigenvalue weighted by Gasteiger charge is 2.24. The number of nitrogens with one attached hydrogen (secondary N) is 1. The molecule has 0 saturated heterocycles. The Morgan fingerprint density at radius 2 is 2.35 bits per heavy atom. The van der Waals surface area contributed by atoms with Crippen LogP contribution in [-0.4, -0.2) is 27.2 Å². The van der Waals surface area contributed by atoms with Gasteiger partial charge in [-0.15, -0.1) is 0 Å². The third-order valence-corrected chi connectivity index (χ3v) is 3.26. The monoisotopic (exact) mass is 256 g/mol. The Hall–Kier alpha value is -1.34. The molecule has 1 aromatic rings. The molecule has 5 N–H and O–H groups in total. The van der Waals surface area contributed by atoms with E-state index in [1.165, 1.54) is 24.0 Å². The largest absolute Gasteiger partial charge is 0.368 e. The summed E-state index contributed by atoms with van der Waals surface area (Å²) >= 11 is 1.41. The van der Waals surface area contributed by atoms with E-state index in [-0.39, 0.29) is 5.56 Å². The maximum Gasteiger partial charge on any atom is 0.251 e. The molecule has 0 radical (unpaired) electrons. The highest BCUT2D eigenvalue weighted by atomic mass is 32.2. The predicted molar refractivity (Wildman–Crippen MR) is 66.6 cm³/mol. The fraction of sp³-hybridized carbons (Fsp3) is 0.500. The fourth-order valence-electron chi connectivity index (χ4n) is 1.16. The number of primary amides is 1. The van der Waals surface area contributed by atoms with Crippen molar-refractivity contribution in [1.82, 2.24) is 9.97 Å². The highest BCUT2D eigenvalue weighted by molar-refractivity contribution is 7.99. The predicted octanol–water partition coefficient (Wildman–Crippen LogP) is -0.155. The summed E-state index contributed by atoms with van der Waals surface area (Å²) < 4.78 is 0. The minimum absolute atomic E-state index is 0.178. The lowest BCUT2D eigenvalue weighted by Crippen LogP contribution is -2.49. The van der Waals surface area contributed by atoms with Gasteiger partial charge < -0.3 is 16.5 Å². The molecule has 1 aromatic heterocycles. The van der Waals surface area contributed by atoms with Crippen LogP contribution < -0.4 is 17.0 Å². The van der Waals surface area contributed by atoms with E-state index in [0.29, 0.717) is 17.3 Å². The van der Waals surface area contributed by atoms with Crippen LogP contribution in [-0.2, 0) is 4.79 Å². The summed E-state index contributed by atoms with van der Waals surface area (Å²) in [6, 6.07) is 1.36. The Balaban J connectivity index is 2.34. The van der Waals surface area contributed by atoms with Crippen LogP contribution >= 0.6 is 11.8 Å². The van der Waals surface area contributed by atoms with Gasteiger partial charge in [0.15, 0.2) is 5.16 Å². The first-order chi connectivity index (χ1) is 7.92. The van der Waals surface area contributed by atoms with Gasteiger partial charge >= 0.3 is 0 Å². The van der Waals surface area contributed by atoms with E-state index in [9.17, 15) is 9.59 Å². The quantitative estimate of drug-likeness (QED) is 0.372. The van der Waals surface area contributed by atoms with Crippen molar-refractivity contribution in [2.75, 3.05) is 5.75 Å². The van der Waals surface area contributed by atoms with Crippen molar-refractivity contribution in [3.8, 4) is 0 Å². The van der Waals surface area contributed by atoms with E-state index in [1.54, 1.807) is 6.92 Å². The van der Waals surface area contributed by atoms with Gasteiger partial charge in [-0.2, -0.15) is 0 Å².